The number of ether oxygens (including phenoxy) is 1. The van der Waals surface area contributed by atoms with Crippen molar-refractivity contribution in [1.82, 2.24) is 10.3 Å². The fourth-order valence-electron chi connectivity index (χ4n) is 2.29. The number of pyridine rings is 1. The number of rotatable bonds is 9. The van der Waals surface area contributed by atoms with Gasteiger partial charge in [-0.3, -0.25) is 0 Å². The van der Waals surface area contributed by atoms with Crippen LogP contribution in [0.5, 0.6) is 0 Å². The van der Waals surface area contributed by atoms with Crippen molar-refractivity contribution in [3.8, 4) is 0 Å². The molecule has 0 radical (unpaired) electrons. The highest BCUT2D eigenvalue weighted by atomic mass is 35.5. The van der Waals surface area contributed by atoms with E-state index >= 15 is 0 Å². The molecule has 0 bridgehead atoms. The molecule has 0 saturated heterocycles. The zero-order valence-electron chi connectivity index (χ0n) is 13.8. The molecule has 1 heterocycles. The van der Waals surface area contributed by atoms with E-state index in [0.717, 1.165) is 31.0 Å². The summed E-state index contributed by atoms with van der Waals surface area (Å²) in [6.07, 6.45) is 1.74. The number of anilines is 1. The van der Waals surface area contributed by atoms with E-state index < -0.39 is 0 Å². The maximum atomic E-state index is 6.25. The summed E-state index contributed by atoms with van der Waals surface area (Å²) in [5.41, 5.74) is 1.09. The van der Waals surface area contributed by atoms with Crippen molar-refractivity contribution >= 4 is 17.4 Å². The third kappa shape index (κ3) is 5.81. The molecule has 0 aliphatic carbocycles. The highest BCUT2D eigenvalue weighted by molar-refractivity contribution is 6.31. The lowest BCUT2D eigenvalue weighted by atomic mass is 10.2. The molecule has 0 amide bonds. The predicted octanol–water partition coefficient (Wildman–Crippen LogP) is 3.34. The van der Waals surface area contributed by atoms with Crippen molar-refractivity contribution in [2.75, 3.05) is 31.7 Å². The molecule has 0 spiro atoms. The molecule has 0 saturated carbocycles. The molecular formula is C16H28ClN3O. The maximum absolute atomic E-state index is 6.25. The van der Waals surface area contributed by atoms with Gasteiger partial charge in [0.15, 0.2) is 0 Å². The summed E-state index contributed by atoms with van der Waals surface area (Å²) in [6.45, 7) is 12.0. The van der Waals surface area contributed by atoms with Gasteiger partial charge in [-0.15, -0.1) is 0 Å². The lowest BCUT2D eigenvalue weighted by molar-refractivity contribution is 0.181. The predicted molar refractivity (Wildman–Crippen MR) is 90.1 cm³/mol. The molecule has 1 atom stereocenters. The summed E-state index contributed by atoms with van der Waals surface area (Å²) in [7, 11) is 1.72. The van der Waals surface area contributed by atoms with E-state index in [-0.39, 0.29) is 6.04 Å². The Labute approximate surface area is 133 Å². The number of methoxy groups -OCH3 is 1. The smallest absolute Gasteiger partial charge is 0.129 e. The minimum Gasteiger partial charge on any atom is -0.383 e. The quantitative estimate of drug-likeness (QED) is 0.758. The Balaban J connectivity index is 2.83. The van der Waals surface area contributed by atoms with Crippen molar-refractivity contribution < 1.29 is 4.74 Å². The van der Waals surface area contributed by atoms with Crippen LogP contribution in [0.4, 0.5) is 5.82 Å². The van der Waals surface area contributed by atoms with E-state index in [0.29, 0.717) is 17.5 Å². The highest BCUT2D eigenvalue weighted by Crippen LogP contribution is 2.22. The molecule has 120 valence electrons. The average molecular weight is 314 g/mol. The summed E-state index contributed by atoms with van der Waals surface area (Å²) < 4.78 is 5.25. The van der Waals surface area contributed by atoms with Crippen molar-refractivity contribution in [3.05, 3.63) is 22.8 Å². The molecule has 1 aromatic heterocycles. The van der Waals surface area contributed by atoms with E-state index in [1.54, 1.807) is 13.3 Å². The molecule has 0 aliphatic heterocycles. The largest absolute Gasteiger partial charge is 0.383 e. The van der Waals surface area contributed by atoms with Crippen LogP contribution >= 0.6 is 11.6 Å². The summed E-state index contributed by atoms with van der Waals surface area (Å²) in [6, 6.07) is 2.36. The third-order valence-electron chi connectivity index (χ3n) is 3.36. The van der Waals surface area contributed by atoms with Gasteiger partial charge in [0.05, 0.1) is 17.7 Å². The Kier molecular flexibility index (Phi) is 8.01. The van der Waals surface area contributed by atoms with Gasteiger partial charge in [-0.1, -0.05) is 25.4 Å². The Morgan fingerprint density at radius 2 is 2.10 bits per heavy atom. The lowest BCUT2D eigenvalue weighted by Gasteiger charge is -2.29. The third-order valence-corrected chi connectivity index (χ3v) is 3.70. The molecule has 1 rings (SSSR count). The molecular weight excluding hydrogens is 286 g/mol. The second kappa shape index (κ2) is 9.23. The molecule has 0 fully saturated rings. The zero-order valence-corrected chi connectivity index (χ0v) is 14.6. The average Bonchev–Trinajstić information content (AvgIpc) is 2.42. The van der Waals surface area contributed by atoms with Crippen LogP contribution in [0.1, 0.15) is 33.3 Å². The first-order chi connectivity index (χ1) is 9.99. The SMILES string of the molecule is CCN(c1cc(CNCC(C)C)c(Cl)cn1)C(C)COC. The number of nitrogens with one attached hydrogen (secondary N) is 1. The van der Waals surface area contributed by atoms with Crippen molar-refractivity contribution in [2.24, 2.45) is 5.92 Å². The monoisotopic (exact) mass is 313 g/mol. The van der Waals surface area contributed by atoms with Crippen LogP contribution in [0.2, 0.25) is 5.02 Å². The molecule has 1 aromatic rings. The van der Waals surface area contributed by atoms with Crippen LogP contribution in [0.25, 0.3) is 0 Å². The summed E-state index contributed by atoms with van der Waals surface area (Å²) >= 11 is 6.25. The Bertz CT molecular complexity index is 426. The summed E-state index contributed by atoms with van der Waals surface area (Å²) in [5.74, 6) is 1.58. The number of halogens is 1. The van der Waals surface area contributed by atoms with E-state index in [1.165, 1.54) is 0 Å². The molecule has 1 N–H and O–H groups in total. The van der Waals surface area contributed by atoms with E-state index in [9.17, 15) is 0 Å². The molecule has 4 nitrogen and oxygen atoms in total. The van der Waals surface area contributed by atoms with E-state index in [2.05, 4.69) is 49.0 Å². The number of hydrogen-bond donors (Lipinski definition) is 1. The Morgan fingerprint density at radius 3 is 2.67 bits per heavy atom. The second-order valence-electron chi connectivity index (χ2n) is 5.75. The van der Waals surface area contributed by atoms with E-state index in [1.807, 2.05) is 0 Å². The number of hydrogen-bond acceptors (Lipinski definition) is 4. The van der Waals surface area contributed by atoms with Gasteiger partial charge in [0.2, 0.25) is 0 Å². The van der Waals surface area contributed by atoms with E-state index in [4.69, 9.17) is 16.3 Å². The first-order valence-electron chi connectivity index (χ1n) is 7.60. The number of nitrogens with zero attached hydrogens (tertiary/aromatic N) is 2. The summed E-state index contributed by atoms with van der Waals surface area (Å²) in [5, 5.41) is 4.14. The van der Waals surface area contributed by atoms with Gasteiger partial charge in [-0.25, -0.2) is 4.98 Å². The molecule has 1 unspecified atom stereocenters. The van der Waals surface area contributed by atoms with Gasteiger partial charge in [-0.2, -0.15) is 0 Å². The summed E-state index contributed by atoms with van der Waals surface area (Å²) in [4.78, 5) is 6.70. The molecule has 5 heteroatoms. The second-order valence-corrected chi connectivity index (χ2v) is 6.16. The minimum atomic E-state index is 0.283. The fraction of sp³-hybridized carbons (Fsp3) is 0.688. The molecule has 0 aliphatic rings. The van der Waals surface area contributed by atoms with Gasteiger partial charge < -0.3 is 15.0 Å². The Morgan fingerprint density at radius 1 is 1.38 bits per heavy atom. The van der Waals surface area contributed by atoms with Crippen molar-refractivity contribution in [1.29, 1.82) is 0 Å². The first kappa shape index (κ1) is 18.2. The van der Waals surface area contributed by atoms with Gasteiger partial charge >= 0.3 is 0 Å². The van der Waals surface area contributed by atoms with Crippen LogP contribution < -0.4 is 10.2 Å². The zero-order chi connectivity index (χ0) is 15.8. The maximum Gasteiger partial charge on any atom is 0.129 e. The fourth-order valence-corrected chi connectivity index (χ4v) is 2.46. The lowest BCUT2D eigenvalue weighted by Crippen LogP contribution is -2.36. The number of aromatic nitrogens is 1. The van der Waals surface area contributed by atoms with Crippen molar-refractivity contribution in [2.45, 2.75) is 40.3 Å². The molecule has 21 heavy (non-hydrogen) atoms. The van der Waals surface area contributed by atoms with Gasteiger partial charge in [0.25, 0.3) is 0 Å². The topological polar surface area (TPSA) is 37.4 Å². The minimum absolute atomic E-state index is 0.283. The highest BCUT2D eigenvalue weighted by Gasteiger charge is 2.15. The van der Waals surface area contributed by atoms with Crippen LogP contribution in [-0.4, -0.2) is 37.8 Å². The van der Waals surface area contributed by atoms with Gasteiger partial charge in [0, 0.05) is 26.4 Å². The first-order valence-corrected chi connectivity index (χ1v) is 7.98. The van der Waals surface area contributed by atoms with Crippen LogP contribution in [0.15, 0.2) is 12.3 Å². The van der Waals surface area contributed by atoms with Crippen molar-refractivity contribution in [3.63, 3.8) is 0 Å². The molecule has 0 aromatic carbocycles. The van der Waals surface area contributed by atoms with Gasteiger partial charge in [0.1, 0.15) is 5.82 Å². The number of likely N-dealkylation sites (N-methyl/N-ethyl adjacent to an activating group) is 1. The standard InChI is InChI=1S/C16H28ClN3O/c1-6-20(13(4)11-21-5)16-7-14(15(17)10-19-16)9-18-8-12(2)3/h7,10,12-13,18H,6,8-9,11H2,1-5H3. The Hall–Kier alpha value is -0.840. The normalized spacial score (nSPS) is 12.7. The van der Waals surface area contributed by atoms with Crippen LogP contribution in [-0.2, 0) is 11.3 Å². The van der Waals surface area contributed by atoms with Crippen LogP contribution in [0.3, 0.4) is 0 Å². The van der Waals surface area contributed by atoms with Crippen LogP contribution in [0, 0.1) is 5.92 Å². The van der Waals surface area contributed by atoms with Gasteiger partial charge in [-0.05, 0) is 37.9 Å².